The molecule has 0 saturated carbocycles. The normalized spacial score (nSPS) is 14.7. The van der Waals surface area contributed by atoms with Crippen molar-refractivity contribution >= 4 is 11.6 Å². The van der Waals surface area contributed by atoms with Gasteiger partial charge in [0.1, 0.15) is 11.6 Å². The number of hydrogen-bond donors (Lipinski definition) is 2. The zero-order valence-corrected chi connectivity index (χ0v) is 11.4. The lowest BCUT2D eigenvalue weighted by molar-refractivity contribution is -0.115. The minimum Gasteiger partial charge on any atom is -0.326 e. The molecule has 21 heavy (non-hydrogen) atoms. The smallest absolute Gasteiger partial charge is 0.228 e. The van der Waals surface area contributed by atoms with Crippen molar-refractivity contribution in [3.63, 3.8) is 0 Å². The molecular weight excluding hydrogens is 274 g/mol. The molecule has 0 aliphatic carbocycles. The number of anilines is 1. The third kappa shape index (κ3) is 2.40. The number of nitrogens with one attached hydrogen (secondary N) is 2. The van der Waals surface area contributed by atoms with E-state index in [0.29, 0.717) is 6.42 Å². The maximum Gasteiger partial charge on any atom is 0.228 e. The molecule has 1 aliphatic rings. The van der Waals surface area contributed by atoms with Crippen molar-refractivity contribution < 1.29 is 13.6 Å². The van der Waals surface area contributed by atoms with E-state index in [-0.39, 0.29) is 11.5 Å². The highest BCUT2D eigenvalue weighted by atomic mass is 19.1. The van der Waals surface area contributed by atoms with Gasteiger partial charge in [-0.3, -0.25) is 4.79 Å². The number of hydrogen-bond acceptors (Lipinski definition) is 2. The van der Waals surface area contributed by atoms with Crippen molar-refractivity contribution in [3.8, 4) is 0 Å². The summed E-state index contributed by atoms with van der Waals surface area (Å²) in [5, 5.41) is 5.67. The Labute approximate surface area is 121 Å². The molecule has 5 heteroatoms. The number of amides is 1. The van der Waals surface area contributed by atoms with E-state index < -0.39 is 17.7 Å². The average Bonchev–Trinajstić information content (AvgIpc) is 2.82. The van der Waals surface area contributed by atoms with Crippen LogP contribution in [0.2, 0.25) is 0 Å². The number of halogens is 2. The van der Waals surface area contributed by atoms with Gasteiger partial charge in [-0.05, 0) is 36.4 Å². The van der Waals surface area contributed by atoms with E-state index in [1.807, 2.05) is 0 Å². The van der Waals surface area contributed by atoms with Crippen LogP contribution in [-0.4, -0.2) is 13.0 Å². The summed E-state index contributed by atoms with van der Waals surface area (Å²) >= 11 is 0. The van der Waals surface area contributed by atoms with Crippen molar-refractivity contribution in [1.29, 1.82) is 0 Å². The molecule has 1 amide bonds. The number of rotatable bonds is 3. The van der Waals surface area contributed by atoms with Gasteiger partial charge in [-0.2, -0.15) is 0 Å². The van der Waals surface area contributed by atoms with Gasteiger partial charge < -0.3 is 10.6 Å². The van der Waals surface area contributed by atoms with Gasteiger partial charge in [-0.25, -0.2) is 8.78 Å². The van der Waals surface area contributed by atoms with Crippen molar-refractivity contribution in [3.05, 3.63) is 64.7 Å². The van der Waals surface area contributed by atoms with Gasteiger partial charge in [0, 0.05) is 11.3 Å². The molecule has 2 N–H and O–H groups in total. The zero-order valence-electron chi connectivity index (χ0n) is 11.4. The van der Waals surface area contributed by atoms with Crippen LogP contribution < -0.4 is 10.6 Å². The van der Waals surface area contributed by atoms with Crippen LogP contribution in [0.3, 0.4) is 0 Å². The van der Waals surface area contributed by atoms with E-state index in [1.165, 1.54) is 18.2 Å². The molecule has 1 aliphatic heterocycles. The number of carbonyl (C=O) groups is 1. The molecule has 0 aromatic heterocycles. The Balaban J connectivity index is 2.05. The number of carbonyl (C=O) groups excluding carboxylic acids is 1. The van der Waals surface area contributed by atoms with Crippen LogP contribution in [-0.2, 0) is 11.2 Å². The summed E-state index contributed by atoms with van der Waals surface area (Å²) in [5.41, 5.74) is 2.30. The molecule has 1 heterocycles. The molecule has 2 aromatic carbocycles. The molecule has 0 radical (unpaired) electrons. The summed E-state index contributed by atoms with van der Waals surface area (Å²) in [4.78, 5) is 11.4. The summed E-state index contributed by atoms with van der Waals surface area (Å²) in [5.74, 6) is -1.26. The Morgan fingerprint density at radius 1 is 1.19 bits per heavy atom. The fourth-order valence-corrected chi connectivity index (χ4v) is 2.69. The van der Waals surface area contributed by atoms with Crippen LogP contribution in [0, 0.1) is 11.6 Å². The Morgan fingerprint density at radius 2 is 1.90 bits per heavy atom. The van der Waals surface area contributed by atoms with Gasteiger partial charge >= 0.3 is 0 Å². The van der Waals surface area contributed by atoms with Crippen LogP contribution in [0.1, 0.15) is 22.7 Å². The van der Waals surface area contributed by atoms with Gasteiger partial charge in [0.15, 0.2) is 0 Å². The molecule has 0 fully saturated rings. The second kappa shape index (κ2) is 5.26. The van der Waals surface area contributed by atoms with Gasteiger partial charge in [0.2, 0.25) is 5.91 Å². The first-order chi connectivity index (χ1) is 10.1. The standard InChI is InChI=1S/C16H14F2N2O/c1-19-16(15-11(17)3-2-4-12(15)18)9-5-6-13-10(7-9)8-14(21)20-13/h2-7,16,19H,8H2,1H3,(H,20,21). The molecule has 1 atom stereocenters. The van der Waals surface area contributed by atoms with Gasteiger partial charge in [0.05, 0.1) is 12.5 Å². The summed E-state index contributed by atoms with van der Waals surface area (Å²) in [6, 6.07) is 8.54. The molecule has 0 saturated heterocycles. The van der Waals surface area contributed by atoms with Crippen molar-refractivity contribution in [1.82, 2.24) is 5.32 Å². The maximum atomic E-state index is 14.0. The molecule has 3 rings (SSSR count). The van der Waals surface area contributed by atoms with E-state index in [0.717, 1.165) is 16.8 Å². The van der Waals surface area contributed by atoms with Crippen molar-refractivity contribution in [2.24, 2.45) is 0 Å². The second-order valence-electron chi connectivity index (χ2n) is 5.00. The highest BCUT2D eigenvalue weighted by molar-refractivity contribution is 5.99. The van der Waals surface area contributed by atoms with Crippen LogP contribution >= 0.6 is 0 Å². The Hall–Kier alpha value is -2.27. The van der Waals surface area contributed by atoms with E-state index in [1.54, 1.807) is 25.2 Å². The van der Waals surface area contributed by atoms with Crippen LogP contribution in [0.15, 0.2) is 36.4 Å². The fraction of sp³-hybridized carbons (Fsp3) is 0.188. The molecule has 0 spiro atoms. The van der Waals surface area contributed by atoms with Crippen molar-refractivity contribution in [2.75, 3.05) is 12.4 Å². The van der Waals surface area contributed by atoms with Crippen LogP contribution in [0.25, 0.3) is 0 Å². The topological polar surface area (TPSA) is 41.1 Å². The van der Waals surface area contributed by atoms with E-state index in [9.17, 15) is 13.6 Å². The van der Waals surface area contributed by atoms with E-state index >= 15 is 0 Å². The number of fused-ring (bicyclic) bond motifs is 1. The molecule has 3 nitrogen and oxygen atoms in total. The second-order valence-corrected chi connectivity index (χ2v) is 5.00. The third-order valence-corrected chi connectivity index (χ3v) is 3.66. The summed E-state index contributed by atoms with van der Waals surface area (Å²) in [6.07, 6.45) is 0.291. The fourth-order valence-electron chi connectivity index (χ4n) is 2.69. The molecule has 0 bridgehead atoms. The Kier molecular flexibility index (Phi) is 3.43. The predicted octanol–water partition coefficient (Wildman–Crippen LogP) is 2.77. The summed E-state index contributed by atoms with van der Waals surface area (Å²) in [7, 11) is 1.65. The quantitative estimate of drug-likeness (QED) is 0.912. The molecule has 2 aromatic rings. The highest BCUT2D eigenvalue weighted by Gasteiger charge is 2.23. The molecular formula is C16H14F2N2O. The van der Waals surface area contributed by atoms with Crippen molar-refractivity contribution in [2.45, 2.75) is 12.5 Å². The van der Waals surface area contributed by atoms with Gasteiger partial charge in [-0.15, -0.1) is 0 Å². The lowest BCUT2D eigenvalue weighted by atomic mass is 9.95. The zero-order chi connectivity index (χ0) is 15.0. The van der Waals surface area contributed by atoms with Crippen LogP contribution in [0.5, 0.6) is 0 Å². The highest BCUT2D eigenvalue weighted by Crippen LogP contribution is 2.31. The minimum absolute atomic E-state index is 0.0165. The first-order valence-electron chi connectivity index (χ1n) is 6.64. The largest absolute Gasteiger partial charge is 0.326 e. The minimum atomic E-state index is -0.604. The first-order valence-corrected chi connectivity index (χ1v) is 6.64. The molecule has 108 valence electrons. The summed E-state index contributed by atoms with van der Waals surface area (Å²) < 4.78 is 27.9. The molecule has 1 unspecified atom stereocenters. The van der Waals surface area contributed by atoms with Gasteiger partial charge in [0.25, 0.3) is 0 Å². The first kappa shape index (κ1) is 13.7. The van der Waals surface area contributed by atoms with E-state index in [4.69, 9.17) is 0 Å². The maximum absolute atomic E-state index is 14.0. The Morgan fingerprint density at radius 3 is 2.57 bits per heavy atom. The number of benzene rings is 2. The lowest BCUT2D eigenvalue weighted by Gasteiger charge is -2.19. The lowest BCUT2D eigenvalue weighted by Crippen LogP contribution is -2.20. The van der Waals surface area contributed by atoms with Gasteiger partial charge in [-0.1, -0.05) is 18.2 Å². The summed E-state index contributed by atoms with van der Waals surface area (Å²) in [6.45, 7) is 0. The predicted molar refractivity (Wildman–Crippen MR) is 76.0 cm³/mol. The van der Waals surface area contributed by atoms with E-state index in [2.05, 4.69) is 10.6 Å². The average molecular weight is 288 g/mol. The van der Waals surface area contributed by atoms with Crippen LogP contribution in [0.4, 0.5) is 14.5 Å². The third-order valence-electron chi connectivity index (χ3n) is 3.66. The Bertz CT molecular complexity index is 695. The monoisotopic (exact) mass is 288 g/mol. The SMILES string of the molecule is CNC(c1ccc2c(c1)CC(=O)N2)c1c(F)cccc1F.